The van der Waals surface area contributed by atoms with Crippen LogP contribution in [0, 0.1) is 5.82 Å². The number of fused-ring (bicyclic) bond motifs is 1. The lowest BCUT2D eigenvalue weighted by Gasteiger charge is -2.26. The van der Waals surface area contributed by atoms with Gasteiger partial charge in [0, 0.05) is 43.0 Å². The van der Waals surface area contributed by atoms with Gasteiger partial charge in [0.2, 0.25) is 11.9 Å². The van der Waals surface area contributed by atoms with Crippen molar-refractivity contribution in [1.29, 1.82) is 0 Å². The van der Waals surface area contributed by atoms with Gasteiger partial charge in [0.1, 0.15) is 17.6 Å². The lowest BCUT2D eigenvalue weighted by Crippen LogP contribution is -2.46. The molecule has 1 saturated heterocycles. The van der Waals surface area contributed by atoms with E-state index in [-0.39, 0.29) is 24.2 Å². The van der Waals surface area contributed by atoms with E-state index in [0.717, 1.165) is 18.4 Å². The van der Waals surface area contributed by atoms with E-state index in [4.69, 9.17) is 21.1 Å². The van der Waals surface area contributed by atoms with Crippen molar-refractivity contribution in [1.82, 2.24) is 20.2 Å². The fourth-order valence-electron chi connectivity index (χ4n) is 5.02. The van der Waals surface area contributed by atoms with Crippen molar-refractivity contribution in [3.63, 3.8) is 0 Å². The summed E-state index contributed by atoms with van der Waals surface area (Å²) in [6.45, 7) is 2.73. The predicted molar refractivity (Wildman–Crippen MR) is 150 cm³/mol. The molecule has 2 aliphatic heterocycles. The highest BCUT2D eigenvalue weighted by molar-refractivity contribution is 6.33. The summed E-state index contributed by atoms with van der Waals surface area (Å²) in [6, 6.07) is 7.81. The van der Waals surface area contributed by atoms with Crippen LogP contribution >= 0.6 is 11.6 Å². The number of hydrogen-bond donors (Lipinski definition) is 3. The van der Waals surface area contributed by atoms with Gasteiger partial charge in [-0.25, -0.2) is 14.4 Å². The van der Waals surface area contributed by atoms with Crippen molar-refractivity contribution in [2.24, 2.45) is 0 Å². The number of benzene rings is 2. The molecule has 3 heterocycles. The highest BCUT2D eigenvalue weighted by Crippen LogP contribution is 2.32. The summed E-state index contributed by atoms with van der Waals surface area (Å²) in [6.07, 6.45) is 3.24. The number of rotatable bonds is 9. The second-order valence-corrected chi connectivity index (χ2v) is 10.5. The summed E-state index contributed by atoms with van der Waals surface area (Å²) in [5, 5.41) is 16.3. The van der Waals surface area contributed by atoms with Crippen LogP contribution in [0.5, 0.6) is 5.75 Å². The molecule has 0 aliphatic carbocycles. The molecule has 10 nitrogen and oxygen atoms in total. The number of nitrogens with zero attached hydrogens (tertiary/aromatic N) is 3. The van der Waals surface area contributed by atoms with Crippen LogP contribution in [0.2, 0.25) is 5.02 Å². The van der Waals surface area contributed by atoms with E-state index in [1.54, 1.807) is 13.0 Å². The molecular formula is C29H31ClFN5O5. The average Bonchev–Trinajstić information content (AvgIpc) is 3.31. The van der Waals surface area contributed by atoms with Gasteiger partial charge < -0.3 is 30.1 Å². The van der Waals surface area contributed by atoms with Gasteiger partial charge in [0.05, 0.1) is 36.7 Å². The standard InChI is InChI=1S/C29H31ClFN5O5/c1-16(27(38)34-25(15-37)19-9-20(31)12-22(10-19)40-2)36-14-18-4-3-17(11-23(18)28(36)39)26-24(30)13-32-29(35-26)33-21-5-7-41-8-6-21/h3-4,9-13,16,21,25,37H,5-8,14-15H2,1-2H3,(H,34,38)(H,32,33,35)/t16-,25-/m1/s1. The van der Waals surface area contributed by atoms with Gasteiger partial charge in [-0.15, -0.1) is 0 Å². The Morgan fingerprint density at radius 3 is 2.78 bits per heavy atom. The number of aliphatic hydroxyl groups excluding tert-OH is 1. The Labute approximate surface area is 241 Å². The molecule has 2 atom stereocenters. The Morgan fingerprint density at radius 2 is 2.05 bits per heavy atom. The fourth-order valence-corrected chi connectivity index (χ4v) is 5.22. The maximum Gasteiger partial charge on any atom is 0.255 e. The van der Waals surface area contributed by atoms with Crippen LogP contribution in [0.1, 0.15) is 47.3 Å². The zero-order valence-electron chi connectivity index (χ0n) is 22.7. The molecule has 2 aromatic carbocycles. The number of nitrogens with one attached hydrogen (secondary N) is 2. The SMILES string of the molecule is COc1cc(F)cc([C@@H](CO)NC(=O)[C@@H](C)N2Cc3ccc(-c4nc(NC5CCOCC5)ncc4Cl)cc3C2=O)c1. The van der Waals surface area contributed by atoms with Crippen LogP contribution < -0.4 is 15.4 Å². The molecule has 2 aliphatic rings. The fraction of sp³-hybridized carbons (Fsp3) is 0.379. The number of hydrogen-bond acceptors (Lipinski definition) is 8. The average molecular weight is 584 g/mol. The summed E-state index contributed by atoms with van der Waals surface area (Å²) >= 11 is 6.45. The van der Waals surface area contributed by atoms with Gasteiger partial charge in [0.15, 0.2) is 0 Å². The Balaban J connectivity index is 1.31. The number of carbonyl (C=O) groups is 2. The molecule has 0 unspecified atom stereocenters. The molecular weight excluding hydrogens is 553 g/mol. The van der Waals surface area contributed by atoms with E-state index in [0.29, 0.717) is 46.6 Å². The number of amides is 2. The predicted octanol–water partition coefficient (Wildman–Crippen LogP) is 3.73. The zero-order valence-corrected chi connectivity index (χ0v) is 23.4. The summed E-state index contributed by atoms with van der Waals surface area (Å²) in [5.74, 6) is -0.655. The van der Waals surface area contributed by atoms with Crippen molar-refractivity contribution in [3.05, 3.63) is 70.1 Å². The van der Waals surface area contributed by atoms with Gasteiger partial charge in [-0.1, -0.05) is 23.7 Å². The molecule has 12 heteroatoms. The number of anilines is 1. The van der Waals surface area contributed by atoms with Crippen molar-refractivity contribution in [2.75, 3.05) is 32.2 Å². The smallest absolute Gasteiger partial charge is 0.255 e. The van der Waals surface area contributed by atoms with Crippen LogP contribution in [0.3, 0.4) is 0 Å². The van der Waals surface area contributed by atoms with E-state index in [2.05, 4.69) is 20.6 Å². The van der Waals surface area contributed by atoms with Gasteiger partial charge in [0.25, 0.3) is 5.91 Å². The summed E-state index contributed by atoms with van der Waals surface area (Å²) in [5.41, 5.74) is 2.70. The lowest BCUT2D eigenvalue weighted by atomic mass is 10.0. The first-order valence-corrected chi connectivity index (χ1v) is 13.7. The summed E-state index contributed by atoms with van der Waals surface area (Å²) in [7, 11) is 1.40. The molecule has 41 heavy (non-hydrogen) atoms. The van der Waals surface area contributed by atoms with Crippen molar-refractivity contribution >= 4 is 29.4 Å². The van der Waals surface area contributed by atoms with Crippen LogP contribution in [-0.4, -0.2) is 70.8 Å². The van der Waals surface area contributed by atoms with Gasteiger partial charge >= 0.3 is 0 Å². The largest absolute Gasteiger partial charge is 0.497 e. The van der Waals surface area contributed by atoms with Crippen molar-refractivity contribution in [3.8, 4) is 17.0 Å². The van der Waals surface area contributed by atoms with Crippen LogP contribution in [0.15, 0.2) is 42.6 Å². The molecule has 0 spiro atoms. The summed E-state index contributed by atoms with van der Waals surface area (Å²) in [4.78, 5) is 37.0. The second-order valence-electron chi connectivity index (χ2n) is 10.1. The van der Waals surface area contributed by atoms with Crippen molar-refractivity contribution in [2.45, 2.75) is 44.4 Å². The third-order valence-corrected chi connectivity index (χ3v) is 7.67. The number of methoxy groups -OCH3 is 1. The van der Waals surface area contributed by atoms with E-state index >= 15 is 0 Å². The molecule has 1 aromatic heterocycles. The highest BCUT2D eigenvalue weighted by Gasteiger charge is 2.35. The van der Waals surface area contributed by atoms with Crippen LogP contribution in [-0.2, 0) is 16.1 Å². The van der Waals surface area contributed by atoms with Crippen LogP contribution in [0.25, 0.3) is 11.3 Å². The number of aromatic nitrogens is 2. The van der Waals surface area contributed by atoms with E-state index < -0.39 is 30.4 Å². The molecule has 1 fully saturated rings. The minimum Gasteiger partial charge on any atom is -0.497 e. The molecule has 3 N–H and O–H groups in total. The Morgan fingerprint density at radius 1 is 1.27 bits per heavy atom. The maximum atomic E-state index is 14.0. The minimum atomic E-state index is -0.884. The first-order chi connectivity index (χ1) is 19.8. The molecule has 216 valence electrons. The van der Waals surface area contributed by atoms with E-state index in [9.17, 15) is 19.1 Å². The van der Waals surface area contributed by atoms with Gasteiger partial charge in [-0.05, 0) is 49.1 Å². The first-order valence-electron chi connectivity index (χ1n) is 13.3. The normalized spacial score (nSPS) is 16.7. The number of halogens is 2. The number of ether oxygens (including phenoxy) is 2. The third kappa shape index (κ3) is 6.27. The molecule has 0 radical (unpaired) electrons. The monoisotopic (exact) mass is 583 g/mol. The van der Waals surface area contributed by atoms with Crippen molar-refractivity contribution < 1.29 is 28.6 Å². The van der Waals surface area contributed by atoms with Gasteiger partial charge in [-0.3, -0.25) is 9.59 Å². The van der Waals surface area contributed by atoms with E-state index in [1.165, 1.54) is 36.4 Å². The second kappa shape index (κ2) is 12.4. The molecule has 5 rings (SSSR count). The Hall–Kier alpha value is -3.80. The number of aliphatic hydroxyl groups is 1. The third-order valence-electron chi connectivity index (χ3n) is 7.39. The first kappa shape index (κ1) is 28.7. The molecule has 2 amide bonds. The Bertz CT molecular complexity index is 1450. The van der Waals surface area contributed by atoms with E-state index in [1.807, 2.05) is 12.1 Å². The quantitative estimate of drug-likeness (QED) is 0.348. The maximum absolute atomic E-state index is 14.0. The number of carbonyl (C=O) groups excluding carboxylic acids is 2. The molecule has 0 bridgehead atoms. The summed E-state index contributed by atoms with van der Waals surface area (Å²) < 4.78 is 24.5. The Kier molecular flexibility index (Phi) is 8.67. The topological polar surface area (TPSA) is 126 Å². The molecule has 3 aromatic rings. The van der Waals surface area contributed by atoms with Gasteiger partial charge in [-0.2, -0.15) is 0 Å². The van der Waals surface area contributed by atoms with Crippen LogP contribution in [0.4, 0.5) is 10.3 Å². The highest BCUT2D eigenvalue weighted by atomic mass is 35.5. The molecule has 0 saturated carbocycles. The minimum absolute atomic E-state index is 0.203. The lowest BCUT2D eigenvalue weighted by molar-refractivity contribution is -0.126. The zero-order chi connectivity index (χ0) is 29.1.